The molecule has 1 aromatic rings. The van der Waals surface area contributed by atoms with E-state index in [0.29, 0.717) is 12.1 Å². The van der Waals surface area contributed by atoms with Gasteiger partial charge in [0, 0.05) is 7.11 Å². The molecule has 0 spiro atoms. The molecule has 3 nitrogen and oxygen atoms in total. The van der Waals surface area contributed by atoms with Crippen LogP contribution in [0.25, 0.3) is 0 Å². The van der Waals surface area contributed by atoms with E-state index < -0.39 is 0 Å². The van der Waals surface area contributed by atoms with E-state index in [9.17, 15) is 0 Å². The summed E-state index contributed by atoms with van der Waals surface area (Å²) in [5.74, 6) is 0.915. The zero-order valence-electron chi connectivity index (χ0n) is 8.74. The molecule has 1 N–H and O–H groups in total. The molecule has 1 heterocycles. The van der Waals surface area contributed by atoms with E-state index in [1.54, 1.807) is 7.11 Å². The summed E-state index contributed by atoms with van der Waals surface area (Å²) in [4.78, 5) is 4.36. The van der Waals surface area contributed by atoms with Gasteiger partial charge in [-0.15, -0.1) is 0 Å². The molecule has 15 heavy (non-hydrogen) atoms. The predicted molar refractivity (Wildman–Crippen MR) is 64.0 cm³/mol. The maximum absolute atomic E-state index is 5.42. The number of nitrogens with zero attached hydrogens (tertiary/aromatic N) is 1. The zero-order valence-corrected chi connectivity index (χ0v) is 10.3. The van der Waals surface area contributed by atoms with Gasteiger partial charge in [0.25, 0.3) is 0 Å². The van der Waals surface area contributed by atoms with Gasteiger partial charge >= 0.3 is 0 Å². The van der Waals surface area contributed by atoms with Crippen LogP contribution in [0.5, 0.6) is 0 Å². The highest BCUT2D eigenvalue weighted by Crippen LogP contribution is 2.24. The summed E-state index contributed by atoms with van der Waals surface area (Å²) in [7, 11) is 1.78. The fourth-order valence-electron chi connectivity index (χ4n) is 2.05. The van der Waals surface area contributed by atoms with Crippen LogP contribution < -0.4 is 5.32 Å². The van der Waals surface area contributed by atoms with Crippen molar-refractivity contribution in [2.45, 2.75) is 31.4 Å². The van der Waals surface area contributed by atoms with Crippen molar-refractivity contribution in [1.29, 1.82) is 0 Å². The average molecular weight is 271 g/mol. The topological polar surface area (TPSA) is 34.1 Å². The summed E-state index contributed by atoms with van der Waals surface area (Å²) in [5.41, 5.74) is 0. The van der Waals surface area contributed by atoms with Crippen LogP contribution in [0.4, 0.5) is 5.82 Å². The number of nitrogens with one attached hydrogen (secondary N) is 1. The molecule has 2 unspecified atom stereocenters. The summed E-state index contributed by atoms with van der Waals surface area (Å²) >= 11 is 3.36. The third-order valence-electron chi connectivity index (χ3n) is 2.80. The molecule has 2 rings (SSSR count). The van der Waals surface area contributed by atoms with Gasteiger partial charge < -0.3 is 10.1 Å². The Morgan fingerprint density at radius 1 is 1.47 bits per heavy atom. The van der Waals surface area contributed by atoms with Crippen molar-refractivity contribution in [3.8, 4) is 0 Å². The van der Waals surface area contributed by atoms with Crippen LogP contribution in [0.2, 0.25) is 0 Å². The van der Waals surface area contributed by atoms with Crippen LogP contribution in [0, 0.1) is 0 Å². The molecule has 0 amide bonds. The van der Waals surface area contributed by atoms with Gasteiger partial charge in [-0.05, 0) is 47.3 Å². The fourth-order valence-corrected chi connectivity index (χ4v) is 2.40. The van der Waals surface area contributed by atoms with Gasteiger partial charge in [0.2, 0.25) is 0 Å². The minimum atomic E-state index is 0.325. The van der Waals surface area contributed by atoms with Gasteiger partial charge in [-0.25, -0.2) is 4.98 Å². The molecule has 1 aliphatic carbocycles. The Balaban J connectivity index is 2.02. The zero-order chi connectivity index (χ0) is 10.7. The van der Waals surface area contributed by atoms with Crippen LogP contribution in [-0.2, 0) is 4.74 Å². The maximum Gasteiger partial charge on any atom is 0.127 e. The number of ether oxygens (including phenoxy) is 1. The molecule has 0 bridgehead atoms. The normalized spacial score (nSPS) is 25.5. The minimum absolute atomic E-state index is 0.325. The number of hydrogen-bond acceptors (Lipinski definition) is 3. The molecule has 0 radical (unpaired) electrons. The van der Waals surface area contributed by atoms with Gasteiger partial charge in [-0.2, -0.15) is 0 Å². The Bertz CT molecular complexity index is 332. The third-order valence-corrected chi connectivity index (χ3v) is 3.25. The van der Waals surface area contributed by atoms with Crippen molar-refractivity contribution >= 4 is 21.7 Å². The maximum atomic E-state index is 5.42. The lowest BCUT2D eigenvalue weighted by molar-refractivity contribution is 0.101. The van der Waals surface area contributed by atoms with Crippen molar-refractivity contribution in [3.05, 3.63) is 22.8 Å². The van der Waals surface area contributed by atoms with Gasteiger partial charge in [0.15, 0.2) is 0 Å². The number of rotatable bonds is 3. The first-order valence-electron chi connectivity index (χ1n) is 5.21. The van der Waals surface area contributed by atoms with Crippen LogP contribution in [0.15, 0.2) is 22.8 Å². The molecule has 1 aliphatic rings. The van der Waals surface area contributed by atoms with Gasteiger partial charge in [0.1, 0.15) is 10.4 Å². The van der Waals surface area contributed by atoms with E-state index in [2.05, 4.69) is 26.2 Å². The second-order valence-electron chi connectivity index (χ2n) is 3.80. The minimum Gasteiger partial charge on any atom is -0.379 e. The quantitative estimate of drug-likeness (QED) is 0.858. The Kier molecular flexibility index (Phi) is 3.59. The summed E-state index contributed by atoms with van der Waals surface area (Å²) in [5, 5.41) is 3.42. The van der Waals surface area contributed by atoms with Crippen molar-refractivity contribution in [2.24, 2.45) is 0 Å². The van der Waals surface area contributed by atoms with Gasteiger partial charge in [-0.1, -0.05) is 6.07 Å². The van der Waals surface area contributed by atoms with Gasteiger partial charge in [-0.3, -0.25) is 0 Å². The summed E-state index contributed by atoms with van der Waals surface area (Å²) in [6.45, 7) is 0. The molecular weight excluding hydrogens is 256 g/mol. The van der Waals surface area contributed by atoms with Crippen LogP contribution in [-0.4, -0.2) is 24.2 Å². The van der Waals surface area contributed by atoms with Crippen LogP contribution >= 0.6 is 15.9 Å². The Morgan fingerprint density at radius 3 is 3.07 bits per heavy atom. The lowest BCUT2D eigenvalue weighted by atomic mass is 10.2. The number of hydrogen-bond donors (Lipinski definition) is 1. The molecule has 0 aromatic carbocycles. The molecule has 1 saturated carbocycles. The second kappa shape index (κ2) is 4.94. The highest BCUT2D eigenvalue weighted by atomic mass is 79.9. The van der Waals surface area contributed by atoms with Crippen molar-refractivity contribution in [3.63, 3.8) is 0 Å². The van der Waals surface area contributed by atoms with Crippen molar-refractivity contribution in [2.75, 3.05) is 12.4 Å². The van der Waals surface area contributed by atoms with Gasteiger partial charge in [0.05, 0.1) is 12.1 Å². The first kappa shape index (κ1) is 10.9. The molecule has 82 valence electrons. The average Bonchev–Trinajstić information content (AvgIpc) is 2.65. The van der Waals surface area contributed by atoms with E-state index in [1.165, 1.54) is 6.42 Å². The van der Waals surface area contributed by atoms with E-state index >= 15 is 0 Å². The van der Waals surface area contributed by atoms with Crippen molar-refractivity contribution < 1.29 is 4.74 Å². The first-order chi connectivity index (χ1) is 7.29. The number of halogens is 1. The molecule has 4 heteroatoms. The van der Waals surface area contributed by atoms with Crippen LogP contribution in [0.1, 0.15) is 19.3 Å². The van der Waals surface area contributed by atoms with E-state index in [4.69, 9.17) is 4.74 Å². The van der Waals surface area contributed by atoms with E-state index in [1.807, 2.05) is 18.2 Å². The number of aromatic nitrogens is 1. The Hall–Kier alpha value is -0.610. The highest BCUT2D eigenvalue weighted by Gasteiger charge is 2.26. The summed E-state index contributed by atoms with van der Waals surface area (Å²) in [6, 6.07) is 6.29. The second-order valence-corrected chi connectivity index (χ2v) is 4.61. The summed E-state index contributed by atoms with van der Waals surface area (Å²) in [6.07, 6.45) is 3.85. The molecular formula is C11H15BrN2O. The standard InChI is InChI=1S/C11H15BrN2O/c1-15-9-5-2-4-8(9)13-11-7-3-6-10(12)14-11/h3,6-9H,2,4-5H2,1H3,(H,13,14). The summed E-state index contributed by atoms with van der Waals surface area (Å²) < 4.78 is 6.28. The largest absolute Gasteiger partial charge is 0.379 e. The SMILES string of the molecule is COC1CCCC1Nc1cccc(Br)n1. The Morgan fingerprint density at radius 2 is 2.33 bits per heavy atom. The molecule has 0 saturated heterocycles. The van der Waals surface area contributed by atoms with E-state index in [0.717, 1.165) is 23.3 Å². The smallest absolute Gasteiger partial charge is 0.127 e. The monoisotopic (exact) mass is 270 g/mol. The number of pyridine rings is 1. The fraction of sp³-hybridized carbons (Fsp3) is 0.545. The molecule has 2 atom stereocenters. The first-order valence-corrected chi connectivity index (χ1v) is 6.01. The number of anilines is 1. The Labute approximate surface area is 98.4 Å². The third kappa shape index (κ3) is 2.69. The van der Waals surface area contributed by atoms with Crippen molar-refractivity contribution in [1.82, 2.24) is 4.98 Å². The lowest BCUT2D eigenvalue weighted by Crippen LogP contribution is -2.30. The lowest BCUT2D eigenvalue weighted by Gasteiger charge is -2.20. The molecule has 1 fully saturated rings. The van der Waals surface area contributed by atoms with Crippen LogP contribution in [0.3, 0.4) is 0 Å². The van der Waals surface area contributed by atoms with E-state index in [-0.39, 0.29) is 0 Å². The predicted octanol–water partition coefficient (Wildman–Crippen LogP) is 2.82. The molecule has 0 aliphatic heterocycles. The highest BCUT2D eigenvalue weighted by molar-refractivity contribution is 9.10. The molecule has 1 aromatic heterocycles. The number of methoxy groups -OCH3 is 1.